The van der Waals surface area contributed by atoms with E-state index < -0.39 is 67.8 Å². The van der Waals surface area contributed by atoms with Crippen molar-refractivity contribution in [1.29, 1.82) is 0 Å². The van der Waals surface area contributed by atoms with Crippen LogP contribution in [0.15, 0.2) is 57.6 Å². The van der Waals surface area contributed by atoms with Gasteiger partial charge in [-0.05, 0) is 81.5 Å². The van der Waals surface area contributed by atoms with Crippen LogP contribution in [0.25, 0.3) is 10.4 Å². The number of ether oxygens (including phenoxy) is 2. The van der Waals surface area contributed by atoms with Crippen molar-refractivity contribution < 1.29 is 37.4 Å². The van der Waals surface area contributed by atoms with Crippen LogP contribution in [0, 0.1) is 6.92 Å². The highest BCUT2D eigenvalue weighted by Crippen LogP contribution is 2.48. The number of H-pyrrole nitrogens is 1. The molecule has 1 unspecified atom stereocenters. The molecule has 0 radical (unpaired) electrons. The third-order valence-electron chi connectivity index (χ3n) is 6.49. The number of thiophene rings is 1. The van der Waals surface area contributed by atoms with E-state index in [9.17, 15) is 24.1 Å². The highest BCUT2D eigenvalue weighted by molar-refractivity contribution is 7.52. The number of hydrogen-bond donors (Lipinski definition) is 3. The van der Waals surface area contributed by atoms with Gasteiger partial charge < -0.3 is 19.1 Å². The van der Waals surface area contributed by atoms with Crippen LogP contribution in [0.4, 0.5) is 4.39 Å². The van der Waals surface area contributed by atoms with Crippen molar-refractivity contribution in [3.05, 3.63) is 74.4 Å². The Morgan fingerprint density at radius 3 is 2.52 bits per heavy atom. The van der Waals surface area contributed by atoms with Gasteiger partial charge in [0.1, 0.15) is 24.0 Å². The summed E-state index contributed by atoms with van der Waals surface area (Å²) in [7, 11) is -4.39. The first-order valence-corrected chi connectivity index (χ1v) is 15.5. The third kappa shape index (κ3) is 7.08. The number of nitrogens with zero attached hydrogens (tertiary/aromatic N) is 1. The van der Waals surface area contributed by atoms with Crippen molar-refractivity contribution >= 4 is 25.1 Å². The molecule has 2 aromatic heterocycles. The first-order valence-electron chi connectivity index (χ1n) is 13.1. The SMILES string of the molecule is Cc1ccsc1-c1ccc(OP(=O)(N[C@@H](C)C(=O)OC(C)C)OC[C@H]2O[C@@H](n3ccc(=O)[nH]c3=O)[C@](C)(F)[C@@H]2O)cc1. The molecule has 3 N–H and O–H groups in total. The molecule has 0 aliphatic carbocycles. The molecule has 1 aliphatic rings. The third-order valence-corrected chi connectivity index (χ3v) is 9.20. The van der Waals surface area contributed by atoms with E-state index in [0.29, 0.717) is 0 Å². The highest BCUT2D eigenvalue weighted by atomic mass is 32.1. The summed E-state index contributed by atoms with van der Waals surface area (Å²) in [5, 5.41) is 15.2. The molecule has 0 amide bonds. The van der Waals surface area contributed by atoms with Gasteiger partial charge in [-0.25, -0.2) is 13.8 Å². The molecule has 3 aromatic rings. The molecule has 0 spiro atoms. The number of aromatic amines is 1. The van der Waals surface area contributed by atoms with Gasteiger partial charge in [0.05, 0.1) is 12.7 Å². The Labute approximate surface area is 245 Å². The normalized spacial score (nSPS) is 24.3. The minimum Gasteiger partial charge on any atom is -0.462 e. The monoisotopic (exact) mass is 625 g/mol. The predicted octanol–water partition coefficient (Wildman–Crippen LogP) is 3.69. The van der Waals surface area contributed by atoms with Gasteiger partial charge in [0.25, 0.3) is 5.56 Å². The average molecular weight is 626 g/mol. The lowest BCUT2D eigenvalue weighted by atomic mass is 9.98. The molecule has 1 aliphatic heterocycles. The maximum atomic E-state index is 15.6. The summed E-state index contributed by atoms with van der Waals surface area (Å²) < 4.78 is 52.4. The number of aliphatic hydroxyl groups excluding tert-OH is 1. The van der Waals surface area contributed by atoms with Gasteiger partial charge in [-0.2, -0.15) is 5.09 Å². The number of aliphatic hydroxyl groups is 1. The van der Waals surface area contributed by atoms with E-state index in [1.165, 1.54) is 6.92 Å². The Morgan fingerprint density at radius 2 is 1.93 bits per heavy atom. The number of carbonyl (C=O) groups excluding carboxylic acids is 1. The van der Waals surface area contributed by atoms with Gasteiger partial charge in [0, 0.05) is 17.1 Å². The molecule has 12 nitrogen and oxygen atoms in total. The second-order valence-corrected chi connectivity index (χ2v) is 12.9. The molecule has 1 aromatic carbocycles. The topological polar surface area (TPSA) is 158 Å². The largest absolute Gasteiger partial charge is 0.462 e. The van der Waals surface area contributed by atoms with Crippen molar-refractivity contribution in [3.63, 3.8) is 0 Å². The number of nitrogens with one attached hydrogen (secondary N) is 2. The lowest BCUT2D eigenvalue weighted by Gasteiger charge is -2.25. The summed E-state index contributed by atoms with van der Waals surface area (Å²) in [6, 6.07) is 8.59. The van der Waals surface area contributed by atoms with Crippen LogP contribution < -0.4 is 20.9 Å². The van der Waals surface area contributed by atoms with Gasteiger partial charge in [-0.3, -0.25) is 23.7 Å². The molecule has 3 heterocycles. The van der Waals surface area contributed by atoms with Crippen LogP contribution >= 0.6 is 19.1 Å². The Balaban J connectivity index is 1.55. The van der Waals surface area contributed by atoms with Crippen LogP contribution in [-0.4, -0.2) is 57.3 Å². The Morgan fingerprint density at radius 1 is 1.24 bits per heavy atom. The minimum atomic E-state index is -4.39. The average Bonchev–Trinajstić information content (AvgIpc) is 3.43. The fourth-order valence-corrected chi connectivity index (χ4v) is 6.76. The summed E-state index contributed by atoms with van der Waals surface area (Å²) >= 11 is 1.57. The molecule has 4 rings (SSSR count). The minimum absolute atomic E-state index is 0.147. The fourth-order valence-electron chi connectivity index (χ4n) is 4.32. The maximum absolute atomic E-state index is 15.6. The zero-order valence-electron chi connectivity index (χ0n) is 23.6. The molecule has 15 heteroatoms. The number of halogens is 1. The Bertz CT molecular complexity index is 1570. The zero-order chi connectivity index (χ0) is 30.8. The smallest absolute Gasteiger partial charge is 0.459 e. The fraction of sp³-hybridized carbons (Fsp3) is 0.444. The molecular formula is C27H33FN3O9PS. The summed E-state index contributed by atoms with van der Waals surface area (Å²) in [4.78, 5) is 39.2. The summed E-state index contributed by atoms with van der Waals surface area (Å²) in [5.74, 6) is -0.568. The van der Waals surface area contributed by atoms with Gasteiger partial charge in [0.2, 0.25) is 0 Å². The highest BCUT2D eigenvalue weighted by Gasteiger charge is 2.56. The van der Waals surface area contributed by atoms with E-state index in [-0.39, 0.29) is 5.75 Å². The summed E-state index contributed by atoms with van der Waals surface area (Å²) in [6.07, 6.45) is -4.27. The van der Waals surface area contributed by atoms with E-state index in [0.717, 1.165) is 39.8 Å². The van der Waals surface area contributed by atoms with Crippen molar-refractivity contribution in [2.24, 2.45) is 0 Å². The lowest BCUT2D eigenvalue weighted by molar-refractivity contribution is -0.149. The predicted molar refractivity (Wildman–Crippen MR) is 153 cm³/mol. The summed E-state index contributed by atoms with van der Waals surface area (Å²) in [5.41, 5.74) is -2.12. The number of alkyl halides is 1. The molecule has 0 bridgehead atoms. The van der Waals surface area contributed by atoms with E-state index in [1.54, 1.807) is 49.4 Å². The molecule has 6 atom stereocenters. The number of aromatic nitrogens is 2. The molecule has 42 heavy (non-hydrogen) atoms. The first kappa shape index (κ1) is 31.8. The first-order chi connectivity index (χ1) is 19.7. The second kappa shape index (κ2) is 12.6. The van der Waals surface area contributed by atoms with Crippen LogP contribution in [0.2, 0.25) is 0 Å². The van der Waals surface area contributed by atoms with E-state index in [4.69, 9.17) is 18.5 Å². The van der Waals surface area contributed by atoms with Crippen LogP contribution in [0.1, 0.15) is 39.5 Å². The van der Waals surface area contributed by atoms with E-state index >= 15 is 4.39 Å². The molecule has 1 saturated heterocycles. The standard InChI is InChI=1S/C27H33FN3O9PS/c1-15(2)38-24(34)17(4)30-41(36,40-19-8-6-18(7-9-19)22-16(3)11-13-42-22)37-14-20-23(33)27(5,28)25(39-20)31-12-10-21(32)29-26(31)35/h6-13,15,17,20,23,25,33H,14H2,1-5H3,(H,30,36)(H,29,32,35)/t17-,20+,23+,25+,27+,41?/m0/s1. The van der Waals surface area contributed by atoms with Crippen LogP contribution in [-0.2, 0) is 23.4 Å². The number of benzene rings is 1. The Hall–Kier alpha value is -3.13. The van der Waals surface area contributed by atoms with E-state index in [2.05, 4.69) is 5.09 Å². The van der Waals surface area contributed by atoms with Gasteiger partial charge >= 0.3 is 19.4 Å². The number of carbonyl (C=O) groups is 1. The van der Waals surface area contributed by atoms with Crippen molar-refractivity contribution in [2.75, 3.05) is 6.61 Å². The quantitative estimate of drug-likeness (QED) is 0.212. The van der Waals surface area contributed by atoms with Crippen molar-refractivity contribution in [3.8, 4) is 16.2 Å². The Kier molecular flexibility index (Phi) is 9.55. The number of rotatable bonds is 11. The van der Waals surface area contributed by atoms with Gasteiger partial charge in [0.15, 0.2) is 11.9 Å². The number of aryl methyl sites for hydroxylation is 1. The van der Waals surface area contributed by atoms with Crippen LogP contribution in [0.3, 0.4) is 0 Å². The van der Waals surface area contributed by atoms with Gasteiger partial charge in [-0.1, -0.05) is 0 Å². The molecule has 1 fully saturated rings. The maximum Gasteiger partial charge on any atom is 0.459 e. The van der Waals surface area contributed by atoms with Crippen molar-refractivity contribution in [2.45, 2.75) is 70.9 Å². The zero-order valence-corrected chi connectivity index (χ0v) is 25.3. The molecule has 228 valence electrons. The second-order valence-electron chi connectivity index (χ2n) is 10.3. The van der Waals surface area contributed by atoms with Crippen LogP contribution in [0.5, 0.6) is 5.75 Å². The van der Waals surface area contributed by atoms with Crippen molar-refractivity contribution in [1.82, 2.24) is 14.6 Å². The molecule has 0 saturated carbocycles. The van der Waals surface area contributed by atoms with Gasteiger partial charge in [-0.15, -0.1) is 11.3 Å². The number of hydrogen-bond acceptors (Lipinski definition) is 10. The summed E-state index contributed by atoms with van der Waals surface area (Å²) in [6.45, 7) is 7.08. The number of esters is 1. The van der Waals surface area contributed by atoms with E-state index in [1.807, 2.05) is 23.4 Å². The molecular weight excluding hydrogens is 592 g/mol. The lowest BCUT2D eigenvalue weighted by Crippen LogP contribution is -2.43.